The number of anilines is 1. The first kappa shape index (κ1) is 29.1. The van der Waals surface area contributed by atoms with E-state index in [9.17, 15) is 18.3 Å². The molecule has 5 aromatic rings. The topological polar surface area (TPSA) is 101 Å². The molecule has 4 aromatic carbocycles. The number of hydrogen-bond donors (Lipinski definition) is 2. The molecule has 1 aromatic heterocycles. The summed E-state index contributed by atoms with van der Waals surface area (Å²) in [6, 6.07) is 27.0. The van der Waals surface area contributed by atoms with E-state index in [0.717, 1.165) is 34.1 Å². The molecule has 2 N–H and O–H groups in total. The molecule has 0 amide bonds. The Labute approximate surface area is 253 Å². The van der Waals surface area contributed by atoms with Crippen molar-refractivity contribution in [3.05, 3.63) is 130 Å². The van der Waals surface area contributed by atoms with Gasteiger partial charge in [0.15, 0.2) is 0 Å². The molecule has 5 rings (SSSR count). The molecule has 0 aliphatic heterocycles. The SMILES string of the molecule is CS(=O)(=O)Nc1ccc(Cn2cc(-c3ccc(Cl)cc3Cl)nc2/C=C/c2ccc(-c3cccc(C(=O)O)c3)cc2)cc1. The first-order valence-electron chi connectivity index (χ1n) is 12.8. The van der Waals surface area contributed by atoms with Crippen molar-refractivity contribution in [3.8, 4) is 22.4 Å². The number of benzene rings is 4. The Kier molecular flexibility index (Phi) is 8.49. The van der Waals surface area contributed by atoms with Gasteiger partial charge in [-0.15, -0.1) is 0 Å². The molecular weight excluding hydrogens is 593 g/mol. The lowest BCUT2D eigenvalue weighted by Crippen LogP contribution is -2.09. The van der Waals surface area contributed by atoms with Crippen molar-refractivity contribution in [3.63, 3.8) is 0 Å². The molecule has 7 nitrogen and oxygen atoms in total. The van der Waals surface area contributed by atoms with E-state index >= 15 is 0 Å². The van der Waals surface area contributed by atoms with Crippen LogP contribution < -0.4 is 4.72 Å². The van der Waals surface area contributed by atoms with Gasteiger partial charge in [0, 0.05) is 29.0 Å². The normalized spacial score (nSPS) is 11.6. The number of imidazole rings is 1. The van der Waals surface area contributed by atoms with Crippen LogP contribution in [0.25, 0.3) is 34.5 Å². The van der Waals surface area contributed by atoms with Crippen LogP contribution in [0.1, 0.15) is 27.3 Å². The van der Waals surface area contributed by atoms with E-state index in [0.29, 0.717) is 33.8 Å². The third-order valence-electron chi connectivity index (χ3n) is 6.40. The maximum Gasteiger partial charge on any atom is 0.335 e. The second kappa shape index (κ2) is 12.2. The van der Waals surface area contributed by atoms with Gasteiger partial charge in [-0.05, 0) is 70.8 Å². The van der Waals surface area contributed by atoms with Gasteiger partial charge in [0.25, 0.3) is 0 Å². The van der Waals surface area contributed by atoms with Crippen molar-refractivity contribution in [2.24, 2.45) is 0 Å². The number of nitrogens with zero attached hydrogens (tertiary/aromatic N) is 2. The highest BCUT2D eigenvalue weighted by Crippen LogP contribution is 2.31. The summed E-state index contributed by atoms with van der Waals surface area (Å²) in [6.45, 7) is 0.482. The Morgan fingerprint density at radius 2 is 1.67 bits per heavy atom. The fourth-order valence-electron chi connectivity index (χ4n) is 4.40. The summed E-state index contributed by atoms with van der Waals surface area (Å²) < 4.78 is 27.6. The number of carboxylic acids is 1. The van der Waals surface area contributed by atoms with Gasteiger partial charge in [-0.1, -0.05) is 77.8 Å². The standard InChI is InChI=1S/C32H25Cl2N3O4S/c1-42(40,41)36-27-13-7-22(8-14-27)19-37-20-30(28-15-12-26(33)18-29(28)34)35-31(37)16-9-21-5-10-23(11-6-21)24-3-2-4-25(17-24)32(38)39/h2-18,20,36H,19H2,1H3,(H,38,39)/b16-9+. The molecule has 0 radical (unpaired) electrons. The second-order valence-corrected chi connectivity index (χ2v) is 12.2. The molecule has 0 aliphatic rings. The lowest BCUT2D eigenvalue weighted by Gasteiger charge is -2.08. The first-order valence-corrected chi connectivity index (χ1v) is 15.4. The summed E-state index contributed by atoms with van der Waals surface area (Å²) in [5.41, 5.74) is 5.76. The summed E-state index contributed by atoms with van der Waals surface area (Å²) in [6.07, 6.45) is 6.88. The zero-order chi connectivity index (χ0) is 29.9. The summed E-state index contributed by atoms with van der Waals surface area (Å²) in [4.78, 5) is 16.2. The summed E-state index contributed by atoms with van der Waals surface area (Å²) >= 11 is 12.6. The number of aromatic carboxylic acids is 1. The van der Waals surface area contributed by atoms with Gasteiger partial charge < -0.3 is 9.67 Å². The molecule has 0 atom stereocenters. The van der Waals surface area contributed by atoms with E-state index in [1.807, 2.05) is 71.4 Å². The second-order valence-electron chi connectivity index (χ2n) is 9.65. The fraction of sp³-hybridized carbons (Fsp3) is 0.0625. The van der Waals surface area contributed by atoms with Crippen LogP contribution in [-0.2, 0) is 16.6 Å². The van der Waals surface area contributed by atoms with Crippen molar-refractivity contribution in [2.75, 3.05) is 11.0 Å². The highest BCUT2D eigenvalue weighted by Gasteiger charge is 2.12. The predicted molar refractivity (Wildman–Crippen MR) is 169 cm³/mol. The maximum absolute atomic E-state index is 11.6. The fourth-order valence-corrected chi connectivity index (χ4v) is 5.46. The van der Waals surface area contributed by atoms with Crippen LogP contribution in [0.3, 0.4) is 0 Å². The third kappa shape index (κ3) is 7.28. The van der Waals surface area contributed by atoms with E-state index < -0.39 is 16.0 Å². The molecule has 212 valence electrons. The van der Waals surface area contributed by atoms with E-state index in [4.69, 9.17) is 28.2 Å². The Balaban J connectivity index is 1.43. The van der Waals surface area contributed by atoms with Crippen molar-refractivity contribution < 1.29 is 18.3 Å². The minimum absolute atomic E-state index is 0.237. The number of halogens is 2. The van der Waals surface area contributed by atoms with Gasteiger partial charge in [0.05, 0.1) is 22.5 Å². The van der Waals surface area contributed by atoms with Crippen LogP contribution in [0.4, 0.5) is 5.69 Å². The quantitative estimate of drug-likeness (QED) is 0.176. The molecule has 0 saturated heterocycles. The molecule has 1 heterocycles. The van der Waals surface area contributed by atoms with E-state index in [2.05, 4.69) is 4.72 Å². The number of sulfonamides is 1. The van der Waals surface area contributed by atoms with Crippen LogP contribution >= 0.6 is 23.2 Å². The molecule has 0 aliphatic carbocycles. The summed E-state index contributed by atoms with van der Waals surface area (Å²) in [7, 11) is -3.37. The van der Waals surface area contributed by atoms with Crippen LogP contribution in [0.5, 0.6) is 0 Å². The zero-order valence-corrected chi connectivity index (χ0v) is 24.7. The number of nitrogens with one attached hydrogen (secondary N) is 1. The van der Waals surface area contributed by atoms with Gasteiger partial charge in [0.1, 0.15) is 5.82 Å². The summed E-state index contributed by atoms with van der Waals surface area (Å²) in [5, 5.41) is 10.3. The van der Waals surface area contributed by atoms with Crippen molar-refractivity contribution in [2.45, 2.75) is 6.54 Å². The lowest BCUT2D eigenvalue weighted by molar-refractivity contribution is 0.0697. The Bertz CT molecular complexity index is 1900. The first-order chi connectivity index (χ1) is 20.0. The van der Waals surface area contributed by atoms with Crippen LogP contribution in [0, 0.1) is 0 Å². The number of carboxylic acid groups (broad SMARTS) is 1. The molecule has 0 bridgehead atoms. The molecule has 0 unspecified atom stereocenters. The Morgan fingerprint density at radius 3 is 2.33 bits per heavy atom. The van der Waals surface area contributed by atoms with Gasteiger partial charge in [-0.25, -0.2) is 18.2 Å². The largest absolute Gasteiger partial charge is 0.478 e. The van der Waals surface area contributed by atoms with Crippen LogP contribution in [0.15, 0.2) is 97.2 Å². The van der Waals surface area contributed by atoms with Gasteiger partial charge >= 0.3 is 5.97 Å². The molecule has 10 heteroatoms. The smallest absolute Gasteiger partial charge is 0.335 e. The molecule has 0 fully saturated rings. The maximum atomic E-state index is 11.6. The Hall–Kier alpha value is -4.37. The number of rotatable bonds is 9. The van der Waals surface area contributed by atoms with Crippen LogP contribution in [0.2, 0.25) is 10.0 Å². The number of aromatic nitrogens is 2. The number of carbonyl (C=O) groups is 1. The zero-order valence-electron chi connectivity index (χ0n) is 22.3. The monoisotopic (exact) mass is 617 g/mol. The molecule has 0 spiro atoms. The lowest BCUT2D eigenvalue weighted by atomic mass is 10.0. The van der Waals surface area contributed by atoms with Crippen molar-refractivity contribution in [1.29, 1.82) is 0 Å². The van der Waals surface area contributed by atoms with Crippen molar-refractivity contribution >= 4 is 57.0 Å². The predicted octanol–water partition coefficient (Wildman–Crippen LogP) is 7.81. The Morgan fingerprint density at radius 1 is 0.929 bits per heavy atom. The highest BCUT2D eigenvalue weighted by molar-refractivity contribution is 7.92. The van der Waals surface area contributed by atoms with Crippen LogP contribution in [-0.4, -0.2) is 35.3 Å². The van der Waals surface area contributed by atoms with E-state index in [1.165, 1.54) is 0 Å². The van der Waals surface area contributed by atoms with Gasteiger partial charge in [0.2, 0.25) is 10.0 Å². The molecule has 42 heavy (non-hydrogen) atoms. The average molecular weight is 619 g/mol. The highest BCUT2D eigenvalue weighted by atomic mass is 35.5. The van der Waals surface area contributed by atoms with E-state index in [1.54, 1.807) is 42.5 Å². The third-order valence-corrected chi connectivity index (χ3v) is 7.56. The minimum atomic E-state index is -3.37. The van der Waals surface area contributed by atoms with Gasteiger partial charge in [-0.2, -0.15) is 0 Å². The number of hydrogen-bond acceptors (Lipinski definition) is 4. The molecule has 0 saturated carbocycles. The van der Waals surface area contributed by atoms with Gasteiger partial charge in [-0.3, -0.25) is 4.72 Å². The van der Waals surface area contributed by atoms with Crippen molar-refractivity contribution in [1.82, 2.24) is 9.55 Å². The van der Waals surface area contributed by atoms with E-state index in [-0.39, 0.29) is 5.56 Å². The molecular formula is C32H25Cl2N3O4S. The minimum Gasteiger partial charge on any atom is -0.478 e. The summed E-state index contributed by atoms with van der Waals surface area (Å²) in [5.74, 6) is -0.278. The average Bonchev–Trinajstić information content (AvgIpc) is 3.34.